The van der Waals surface area contributed by atoms with Crippen molar-refractivity contribution in [2.45, 2.75) is 13.3 Å². The molecule has 1 aliphatic heterocycles. The second kappa shape index (κ2) is 11.1. The number of carbonyl (C=O) groups excluding carboxylic acids is 1. The van der Waals surface area contributed by atoms with Gasteiger partial charge < -0.3 is 19.3 Å². The molecule has 174 valence electrons. The van der Waals surface area contributed by atoms with Crippen molar-refractivity contribution in [1.29, 1.82) is 0 Å². The Morgan fingerprint density at radius 1 is 1.21 bits per heavy atom. The van der Waals surface area contributed by atoms with Crippen LogP contribution < -0.4 is 14.2 Å². The molecule has 2 aromatic rings. The van der Waals surface area contributed by atoms with Gasteiger partial charge in [-0.1, -0.05) is 18.5 Å². The van der Waals surface area contributed by atoms with Gasteiger partial charge in [-0.05, 0) is 66.2 Å². The van der Waals surface area contributed by atoms with Gasteiger partial charge in [0.25, 0.3) is 5.91 Å². The molecule has 1 fully saturated rings. The molecular weight excluding hydrogens is 468 g/mol. The summed E-state index contributed by atoms with van der Waals surface area (Å²) in [5, 5.41) is 9.60. The monoisotopic (exact) mass is 490 g/mol. The average molecular weight is 491 g/mol. The normalized spacial score (nSPS) is 15.9. The molecule has 10 heteroatoms. The Bertz CT molecular complexity index is 1100. The number of amides is 1. The third-order valence-electron chi connectivity index (χ3n) is 4.52. The van der Waals surface area contributed by atoms with E-state index in [2.05, 4.69) is 4.99 Å². The summed E-state index contributed by atoms with van der Waals surface area (Å²) in [6.07, 6.45) is 2.47. The Morgan fingerprint density at radius 3 is 2.55 bits per heavy atom. The zero-order valence-electron chi connectivity index (χ0n) is 18.3. The van der Waals surface area contributed by atoms with Crippen LogP contribution in [0, 0.1) is 0 Å². The molecule has 33 heavy (non-hydrogen) atoms. The number of nitrogens with zero attached hydrogens (tertiary/aromatic N) is 2. The van der Waals surface area contributed by atoms with Crippen molar-refractivity contribution in [3.63, 3.8) is 0 Å². The van der Waals surface area contributed by atoms with Crippen LogP contribution >= 0.6 is 23.4 Å². The van der Waals surface area contributed by atoms with Crippen molar-refractivity contribution in [1.82, 2.24) is 4.90 Å². The average Bonchev–Trinajstić information content (AvgIpc) is 3.07. The van der Waals surface area contributed by atoms with E-state index in [-0.39, 0.29) is 22.4 Å². The van der Waals surface area contributed by atoms with E-state index >= 15 is 0 Å². The van der Waals surface area contributed by atoms with Gasteiger partial charge in [0.1, 0.15) is 5.75 Å². The van der Waals surface area contributed by atoms with Gasteiger partial charge in [0.2, 0.25) is 0 Å². The minimum atomic E-state index is -1.13. The lowest BCUT2D eigenvalue weighted by Crippen LogP contribution is -2.29. The number of carboxylic acids is 1. The van der Waals surface area contributed by atoms with Gasteiger partial charge >= 0.3 is 5.97 Å². The van der Waals surface area contributed by atoms with Crippen LogP contribution in [0.4, 0.5) is 5.69 Å². The second-order valence-corrected chi connectivity index (χ2v) is 8.29. The lowest BCUT2D eigenvalue weighted by molar-refractivity contribution is -0.139. The predicted octanol–water partition coefficient (Wildman–Crippen LogP) is 4.83. The molecule has 1 heterocycles. The first-order valence-corrected chi connectivity index (χ1v) is 11.2. The van der Waals surface area contributed by atoms with Crippen LogP contribution in [0.5, 0.6) is 17.2 Å². The maximum absolute atomic E-state index is 13.1. The smallest absolute Gasteiger partial charge is 0.341 e. The van der Waals surface area contributed by atoms with Crippen LogP contribution in [-0.2, 0) is 9.59 Å². The Labute approximate surface area is 200 Å². The second-order valence-electron chi connectivity index (χ2n) is 6.88. The van der Waals surface area contributed by atoms with E-state index in [1.807, 2.05) is 31.2 Å². The number of benzene rings is 2. The van der Waals surface area contributed by atoms with Crippen molar-refractivity contribution in [3.05, 3.63) is 51.9 Å². The van der Waals surface area contributed by atoms with Crippen molar-refractivity contribution >= 4 is 52.2 Å². The topological polar surface area (TPSA) is 97.7 Å². The molecule has 1 aliphatic rings. The summed E-state index contributed by atoms with van der Waals surface area (Å²) in [5.41, 5.74) is 1.32. The molecule has 1 saturated heterocycles. The van der Waals surface area contributed by atoms with Crippen LogP contribution in [0.2, 0.25) is 5.02 Å². The highest BCUT2D eigenvalue weighted by atomic mass is 35.5. The Hall–Kier alpha value is -3.17. The Morgan fingerprint density at radius 2 is 1.94 bits per heavy atom. The van der Waals surface area contributed by atoms with E-state index in [1.54, 1.807) is 30.2 Å². The van der Waals surface area contributed by atoms with E-state index in [0.717, 1.165) is 12.2 Å². The lowest BCUT2D eigenvalue weighted by Gasteiger charge is -2.14. The fraction of sp³-hybridized carbons (Fsp3) is 0.261. The van der Waals surface area contributed by atoms with Gasteiger partial charge in [-0.15, -0.1) is 0 Å². The Balaban J connectivity index is 1.92. The summed E-state index contributed by atoms with van der Waals surface area (Å²) in [5.74, 6) is -0.170. The van der Waals surface area contributed by atoms with Crippen LogP contribution in [0.3, 0.4) is 0 Å². The van der Waals surface area contributed by atoms with Crippen LogP contribution in [0.25, 0.3) is 6.08 Å². The first kappa shape index (κ1) is 24.5. The summed E-state index contributed by atoms with van der Waals surface area (Å²) in [7, 11) is 3.02. The highest BCUT2D eigenvalue weighted by molar-refractivity contribution is 8.18. The summed E-state index contributed by atoms with van der Waals surface area (Å²) in [4.78, 5) is 30.6. The fourth-order valence-corrected chi connectivity index (χ4v) is 4.33. The molecule has 0 spiro atoms. The van der Waals surface area contributed by atoms with Gasteiger partial charge in [-0.25, -0.2) is 9.79 Å². The molecule has 2 aromatic carbocycles. The number of amidine groups is 1. The fourth-order valence-electron chi connectivity index (χ4n) is 3.03. The van der Waals surface area contributed by atoms with Gasteiger partial charge in [-0.2, -0.15) is 0 Å². The zero-order chi connectivity index (χ0) is 24.0. The van der Waals surface area contributed by atoms with Crippen molar-refractivity contribution in [2.24, 2.45) is 4.99 Å². The molecule has 0 bridgehead atoms. The molecule has 0 aromatic heterocycles. The third kappa shape index (κ3) is 6.00. The molecular formula is C23H23ClN2O6S. The zero-order valence-corrected chi connectivity index (χ0v) is 19.9. The van der Waals surface area contributed by atoms with E-state index in [1.165, 1.54) is 18.9 Å². The van der Waals surface area contributed by atoms with Crippen LogP contribution in [-0.4, -0.2) is 54.4 Å². The highest BCUT2D eigenvalue weighted by Crippen LogP contribution is 2.39. The maximum atomic E-state index is 13.1. The van der Waals surface area contributed by atoms with E-state index in [9.17, 15) is 9.59 Å². The summed E-state index contributed by atoms with van der Waals surface area (Å²) < 4.78 is 15.7. The first-order chi connectivity index (χ1) is 15.9. The lowest BCUT2D eigenvalue weighted by atomic mass is 10.1. The standard InChI is InChI=1S/C23H23ClN2O6S/c1-4-9-26-22(29)19(33-23(26)25-15-5-7-16(30-2)8-6-15)12-14-10-17(24)21(18(11-14)31-3)32-13-20(27)28/h5-8,10-12H,4,9,13H2,1-3H3,(H,27,28)/b19-12+,25-23?. The van der Waals surface area contributed by atoms with Crippen molar-refractivity contribution in [2.75, 3.05) is 27.4 Å². The number of rotatable bonds is 9. The first-order valence-electron chi connectivity index (χ1n) is 10.0. The predicted molar refractivity (Wildman–Crippen MR) is 129 cm³/mol. The van der Waals surface area contributed by atoms with Crippen LogP contribution in [0.15, 0.2) is 46.3 Å². The number of hydrogen-bond acceptors (Lipinski definition) is 7. The number of methoxy groups -OCH3 is 2. The van der Waals surface area contributed by atoms with Crippen molar-refractivity contribution in [3.8, 4) is 17.2 Å². The molecule has 1 amide bonds. The van der Waals surface area contributed by atoms with Gasteiger partial charge in [0, 0.05) is 6.54 Å². The number of carbonyl (C=O) groups is 2. The number of hydrogen-bond donors (Lipinski definition) is 1. The highest BCUT2D eigenvalue weighted by Gasteiger charge is 2.33. The molecule has 0 radical (unpaired) electrons. The van der Waals surface area contributed by atoms with Crippen molar-refractivity contribution < 1.29 is 28.9 Å². The van der Waals surface area contributed by atoms with Gasteiger partial charge in [0.15, 0.2) is 23.3 Å². The molecule has 0 aliphatic carbocycles. The summed E-state index contributed by atoms with van der Waals surface area (Å²) in [6.45, 7) is 1.97. The van der Waals surface area contributed by atoms with Gasteiger partial charge in [-0.3, -0.25) is 9.69 Å². The quantitative estimate of drug-likeness (QED) is 0.502. The van der Waals surface area contributed by atoms with E-state index < -0.39 is 12.6 Å². The number of ether oxygens (including phenoxy) is 3. The molecule has 8 nitrogen and oxygen atoms in total. The Kier molecular flexibility index (Phi) is 8.24. The van der Waals surface area contributed by atoms with E-state index in [4.69, 9.17) is 30.9 Å². The summed E-state index contributed by atoms with van der Waals surface area (Å²) in [6, 6.07) is 10.5. The SMILES string of the molecule is CCCN1C(=O)/C(=C\c2cc(Cl)c(OCC(=O)O)c(OC)c2)SC1=Nc1ccc(OC)cc1. The molecule has 0 atom stereocenters. The third-order valence-corrected chi connectivity index (χ3v) is 5.81. The number of thioether (sulfide) groups is 1. The number of aliphatic carboxylic acids is 1. The van der Waals surface area contributed by atoms with E-state index in [0.29, 0.717) is 27.9 Å². The minimum absolute atomic E-state index is 0.128. The molecule has 0 unspecified atom stereocenters. The summed E-state index contributed by atoms with van der Waals surface area (Å²) >= 11 is 7.56. The maximum Gasteiger partial charge on any atom is 0.341 e. The number of carboxylic acid groups (broad SMARTS) is 1. The van der Waals surface area contributed by atoms with Gasteiger partial charge in [0.05, 0.1) is 29.8 Å². The largest absolute Gasteiger partial charge is 0.497 e. The molecule has 1 N–H and O–H groups in total. The number of halogens is 1. The molecule has 3 rings (SSSR count). The van der Waals surface area contributed by atoms with Crippen LogP contribution in [0.1, 0.15) is 18.9 Å². The minimum Gasteiger partial charge on any atom is -0.497 e. The number of aliphatic imine (C=N–C) groups is 1. The molecule has 0 saturated carbocycles.